The summed E-state index contributed by atoms with van der Waals surface area (Å²) in [4.78, 5) is 13.1. The molecule has 1 aromatic carbocycles. The maximum absolute atomic E-state index is 14.4. The third kappa shape index (κ3) is 2.79. The summed E-state index contributed by atoms with van der Waals surface area (Å²) >= 11 is 0. The molecule has 2 aliphatic carbocycles. The van der Waals surface area contributed by atoms with Gasteiger partial charge in [0.25, 0.3) is 0 Å². The lowest BCUT2D eigenvalue weighted by molar-refractivity contribution is 0.197. The molecule has 2 atom stereocenters. The van der Waals surface area contributed by atoms with Crippen molar-refractivity contribution in [2.45, 2.75) is 37.8 Å². The van der Waals surface area contributed by atoms with Gasteiger partial charge in [-0.25, -0.2) is 14.4 Å². The summed E-state index contributed by atoms with van der Waals surface area (Å²) in [5.74, 6) is 1.13. The molecule has 0 amide bonds. The average Bonchev–Trinajstić information content (AvgIpc) is 3.39. The molecule has 4 aromatic rings. The maximum Gasteiger partial charge on any atom is 0.144 e. The molecule has 160 valence electrons. The Bertz CT molecular complexity index is 1320. The van der Waals surface area contributed by atoms with Gasteiger partial charge in [0.15, 0.2) is 0 Å². The SMILES string of the molecule is CNc1cc(F)cc2c1[nH]c1nc(Cc3cnn(C)c3)nc(NC3C[C@@H](N)C34CC4)c12. The Kier molecular flexibility index (Phi) is 3.83. The molecule has 0 aliphatic heterocycles. The van der Waals surface area contributed by atoms with E-state index >= 15 is 0 Å². The summed E-state index contributed by atoms with van der Waals surface area (Å²) in [5, 5.41) is 12.6. The fraction of sp³-hybridized carbons (Fsp3) is 0.409. The molecule has 5 N–H and O–H groups in total. The van der Waals surface area contributed by atoms with Crippen molar-refractivity contribution in [2.24, 2.45) is 18.2 Å². The smallest absolute Gasteiger partial charge is 0.144 e. The molecule has 2 aliphatic rings. The third-order valence-electron chi connectivity index (χ3n) is 7.02. The highest BCUT2D eigenvalue weighted by atomic mass is 19.1. The lowest BCUT2D eigenvalue weighted by atomic mass is 9.71. The quantitative estimate of drug-likeness (QED) is 0.395. The zero-order chi connectivity index (χ0) is 21.3. The van der Waals surface area contributed by atoms with Crippen molar-refractivity contribution in [3.05, 3.63) is 41.7 Å². The number of nitrogens with one attached hydrogen (secondary N) is 3. The number of benzene rings is 1. The molecule has 2 fully saturated rings. The Labute approximate surface area is 178 Å². The highest BCUT2D eigenvalue weighted by Crippen LogP contribution is 2.60. The van der Waals surface area contributed by atoms with Gasteiger partial charge >= 0.3 is 0 Å². The van der Waals surface area contributed by atoms with Crippen LogP contribution in [0.5, 0.6) is 0 Å². The number of rotatable bonds is 5. The van der Waals surface area contributed by atoms with E-state index < -0.39 is 0 Å². The predicted molar refractivity (Wildman–Crippen MR) is 119 cm³/mol. The van der Waals surface area contributed by atoms with Gasteiger partial charge in [-0.1, -0.05) is 0 Å². The first-order chi connectivity index (χ1) is 15.0. The Morgan fingerprint density at radius 3 is 2.84 bits per heavy atom. The minimum Gasteiger partial charge on any atom is -0.386 e. The van der Waals surface area contributed by atoms with Crippen LogP contribution in [-0.4, -0.2) is 43.9 Å². The normalized spacial score (nSPS) is 21.5. The number of aromatic amines is 1. The Hall–Kier alpha value is -3.20. The van der Waals surface area contributed by atoms with E-state index in [1.54, 1.807) is 17.8 Å². The predicted octanol–water partition coefficient (Wildman–Crippen LogP) is 2.91. The van der Waals surface area contributed by atoms with Crippen LogP contribution < -0.4 is 16.4 Å². The maximum atomic E-state index is 14.4. The molecule has 0 radical (unpaired) electrons. The number of halogens is 1. The number of nitrogens with two attached hydrogens (primary N) is 1. The number of H-pyrrole nitrogens is 1. The molecule has 1 unspecified atom stereocenters. The van der Waals surface area contributed by atoms with Crippen molar-refractivity contribution in [1.29, 1.82) is 0 Å². The van der Waals surface area contributed by atoms with E-state index in [1.165, 1.54) is 6.07 Å². The van der Waals surface area contributed by atoms with Crippen molar-refractivity contribution < 1.29 is 4.39 Å². The van der Waals surface area contributed by atoms with Crippen LogP contribution in [0.25, 0.3) is 21.9 Å². The van der Waals surface area contributed by atoms with E-state index in [2.05, 4.69) is 20.7 Å². The zero-order valence-corrected chi connectivity index (χ0v) is 17.5. The summed E-state index contributed by atoms with van der Waals surface area (Å²) < 4.78 is 16.1. The standard InChI is InChI=1S/C22H25FN8/c1-25-14-7-12(23)6-13-18-20(27-16-8-15(24)22(16)3-4-22)28-17(29-21(18)30-19(13)14)5-11-9-26-31(2)10-11/h6-7,9-10,15-16,25H,3-5,8,24H2,1-2H3,(H2,27,28,29,30)/t15-,16?/m1/s1. The van der Waals surface area contributed by atoms with Crippen LogP contribution in [0.3, 0.4) is 0 Å². The molecule has 3 heterocycles. The summed E-state index contributed by atoms with van der Waals surface area (Å²) in [6.07, 6.45) is 7.57. The summed E-state index contributed by atoms with van der Waals surface area (Å²) in [6.45, 7) is 0. The number of aryl methyl sites for hydroxylation is 1. The first-order valence-corrected chi connectivity index (χ1v) is 10.7. The van der Waals surface area contributed by atoms with E-state index in [0.717, 1.165) is 46.9 Å². The number of hydrogen-bond acceptors (Lipinski definition) is 6. The third-order valence-corrected chi connectivity index (χ3v) is 7.02. The van der Waals surface area contributed by atoms with E-state index in [0.29, 0.717) is 23.6 Å². The van der Waals surface area contributed by atoms with Gasteiger partial charge in [0, 0.05) is 49.6 Å². The van der Waals surface area contributed by atoms with Crippen molar-refractivity contribution in [3.63, 3.8) is 0 Å². The van der Waals surface area contributed by atoms with Crippen LogP contribution in [0.2, 0.25) is 0 Å². The van der Waals surface area contributed by atoms with Crippen molar-refractivity contribution in [1.82, 2.24) is 24.7 Å². The van der Waals surface area contributed by atoms with Gasteiger partial charge in [-0.05, 0) is 37.0 Å². The Morgan fingerprint density at radius 2 is 2.16 bits per heavy atom. The van der Waals surface area contributed by atoms with Gasteiger partial charge in [-0.2, -0.15) is 5.10 Å². The fourth-order valence-electron chi connectivity index (χ4n) is 5.09. The van der Waals surface area contributed by atoms with E-state index in [9.17, 15) is 4.39 Å². The highest BCUT2D eigenvalue weighted by molar-refractivity contribution is 6.14. The van der Waals surface area contributed by atoms with Gasteiger partial charge in [0.05, 0.1) is 22.8 Å². The minimum atomic E-state index is -0.299. The molecule has 0 saturated heterocycles. The van der Waals surface area contributed by atoms with E-state index in [4.69, 9.17) is 15.7 Å². The van der Waals surface area contributed by atoms with Crippen LogP contribution in [-0.2, 0) is 13.5 Å². The van der Waals surface area contributed by atoms with Crippen LogP contribution >= 0.6 is 0 Å². The molecule has 2 saturated carbocycles. The molecule has 0 bridgehead atoms. The van der Waals surface area contributed by atoms with E-state index in [1.807, 2.05) is 19.4 Å². The van der Waals surface area contributed by atoms with E-state index in [-0.39, 0.29) is 23.3 Å². The largest absolute Gasteiger partial charge is 0.386 e. The van der Waals surface area contributed by atoms with Crippen molar-refractivity contribution in [2.75, 3.05) is 17.7 Å². The minimum absolute atomic E-state index is 0.189. The van der Waals surface area contributed by atoms with Crippen molar-refractivity contribution in [3.8, 4) is 0 Å². The molecule has 31 heavy (non-hydrogen) atoms. The lowest BCUT2D eigenvalue weighted by Gasteiger charge is -2.44. The van der Waals surface area contributed by atoms with Gasteiger partial charge in [-0.3, -0.25) is 4.68 Å². The number of anilines is 2. The second-order valence-corrected chi connectivity index (χ2v) is 8.93. The van der Waals surface area contributed by atoms with Crippen molar-refractivity contribution >= 4 is 33.4 Å². The monoisotopic (exact) mass is 420 g/mol. The Balaban J connectivity index is 1.51. The second kappa shape index (κ2) is 6.40. The van der Waals surface area contributed by atoms with Gasteiger partial charge in [0.2, 0.25) is 0 Å². The highest BCUT2D eigenvalue weighted by Gasteiger charge is 2.61. The van der Waals surface area contributed by atoms with Crippen LogP contribution in [0.1, 0.15) is 30.7 Å². The second-order valence-electron chi connectivity index (χ2n) is 8.93. The lowest BCUT2D eigenvalue weighted by Crippen LogP contribution is -2.56. The molecule has 3 aromatic heterocycles. The van der Waals surface area contributed by atoms with Crippen LogP contribution in [0.15, 0.2) is 24.5 Å². The molecule has 1 spiro atoms. The van der Waals surface area contributed by atoms with Crippen LogP contribution in [0.4, 0.5) is 15.9 Å². The summed E-state index contributed by atoms with van der Waals surface area (Å²) in [6, 6.07) is 3.56. The molecule has 6 rings (SSSR count). The molecular weight excluding hydrogens is 395 g/mol. The number of nitrogens with zero attached hydrogens (tertiary/aromatic N) is 4. The summed E-state index contributed by atoms with van der Waals surface area (Å²) in [7, 11) is 3.67. The average molecular weight is 420 g/mol. The van der Waals surface area contributed by atoms with Gasteiger partial charge in [0.1, 0.15) is 23.1 Å². The van der Waals surface area contributed by atoms with Crippen LogP contribution in [0, 0.1) is 11.2 Å². The molecule has 9 heteroatoms. The Morgan fingerprint density at radius 1 is 1.32 bits per heavy atom. The number of fused-ring (bicyclic) bond motifs is 3. The first kappa shape index (κ1) is 18.6. The zero-order valence-electron chi connectivity index (χ0n) is 17.5. The summed E-state index contributed by atoms with van der Waals surface area (Å²) in [5.41, 5.74) is 9.73. The number of aromatic nitrogens is 5. The molecular formula is C22H25FN8. The fourth-order valence-corrected chi connectivity index (χ4v) is 5.09. The van der Waals surface area contributed by atoms with Gasteiger partial charge in [-0.15, -0.1) is 0 Å². The number of hydrogen-bond donors (Lipinski definition) is 4. The first-order valence-electron chi connectivity index (χ1n) is 10.7. The molecule has 8 nitrogen and oxygen atoms in total. The topological polar surface area (TPSA) is 109 Å². The van der Waals surface area contributed by atoms with Gasteiger partial charge < -0.3 is 21.4 Å².